The number of hydrogen-bond donors (Lipinski definition) is 1. The Morgan fingerprint density at radius 3 is 2.36 bits per heavy atom. The third-order valence-electron chi connectivity index (χ3n) is 1.63. The third kappa shape index (κ3) is 6.88. The summed E-state index contributed by atoms with van der Waals surface area (Å²) in [5, 5.41) is 0. The van der Waals surface area contributed by atoms with E-state index in [9.17, 15) is 4.79 Å². The Hall–Kier alpha value is -0.580. The number of carbonyl (C=O) groups excluding carboxylic acids is 1. The first-order valence-electron chi connectivity index (χ1n) is 4.24. The molecule has 0 aliphatic carbocycles. The highest BCUT2D eigenvalue weighted by molar-refractivity contribution is 5.86. The number of quaternary nitrogens is 1. The second kappa shape index (κ2) is 6.81. The van der Waals surface area contributed by atoms with Crippen molar-refractivity contribution < 1.29 is 26.4 Å². The minimum Gasteiger partial charge on any atom is -1.00 e. The van der Waals surface area contributed by atoms with E-state index in [0.717, 1.165) is 6.54 Å². The van der Waals surface area contributed by atoms with Crippen LogP contribution in [-0.4, -0.2) is 44.4 Å². The molecule has 0 heterocycles. The molecule has 14 heavy (non-hydrogen) atoms. The lowest BCUT2D eigenvalue weighted by Crippen LogP contribution is -3.00. The van der Waals surface area contributed by atoms with Gasteiger partial charge in [-0.1, -0.05) is 6.58 Å². The molecule has 0 rings (SSSR count). The van der Waals surface area contributed by atoms with E-state index in [-0.39, 0.29) is 18.4 Å². The van der Waals surface area contributed by atoms with E-state index in [0.29, 0.717) is 23.3 Å². The number of rotatable bonds is 5. The maximum atomic E-state index is 11.0. The molecular weight excluding hydrogens is 204 g/mol. The lowest BCUT2D eigenvalue weighted by Gasteiger charge is -2.27. The number of halogens is 1. The summed E-state index contributed by atoms with van der Waals surface area (Å²) < 4.78 is 5.58. The lowest BCUT2D eigenvalue weighted by molar-refractivity contribution is -0.905. The van der Waals surface area contributed by atoms with Crippen molar-refractivity contribution in [2.75, 3.05) is 33.9 Å². The van der Waals surface area contributed by atoms with Crippen LogP contribution in [0.15, 0.2) is 12.2 Å². The summed E-state index contributed by atoms with van der Waals surface area (Å²) in [6.45, 7) is 6.82. The zero-order chi connectivity index (χ0) is 10.5. The lowest BCUT2D eigenvalue weighted by atomic mass is 10.4. The highest BCUT2D eigenvalue weighted by atomic mass is 35.5. The van der Waals surface area contributed by atoms with Gasteiger partial charge in [-0.2, -0.15) is 0 Å². The van der Waals surface area contributed by atoms with Crippen LogP contribution >= 0.6 is 0 Å². The van der Waals surface area contributed by atoms with Crippen LogP contribution < -0.4 is 18.1 Å². The normalized spacial score (nSPS) is 10.3. The number of hydrogen-bond acceptors (Lipinski definition) is 3. The fourth-order valence-corrected chi connectivity index (χ4v) is 0.771. The molecule has 0 aromatic rings. The van der Waals surface area contributed by atoms with Crippen molar-refractivity contribution in [1.29, 1.82) is 0 Å². The second-order valence-electron chi connectivity index (χ2n) is 3.79. The van der Waals surface area contributed by atoms with Crippen molar-refractivity contribution >= 4 is 5.97 Å². The Morgan fingerprint density at radius 2 is 2.00 bits per heavy atom. The van der Waals surface area contributed by atoms with Gasteiger partial charge in [-0.15, -0.1) is 0 Å². The number of nitrogens with two attached hydrogens (primary N) is 1. The van der Waals surface area contributed by atoms with E-state index in [1.165, 1.54) is 0 Å². The topological polar surface area (TPSA) is 52.3 Å². The van der Waals surface area contributed by atoms with Gasteiger partial charge >= 0.3 is 5.97 Å². The minimum absolute atomic E-state index is 0. The van der Waals surface area contributed by atoms with Gasteiger partial charge < -0.3 is 22.9 Å². The molecule has 2 N–H and O–H groups in total. The van der Waals surface area contributed by atoms with Crippen LogP contribution in [0, 0.1) is 0 Å². The molecule has 5 heteroatoms. The Bertz CT molecular complexity index is 205. The number of carbonyl (C=O) groups is 1. The van der Waals surface area contributed by atoms with E-state index in [1.54, 1.807) is 6.92 Å². The molecule has 0 fully saturated rings. The molecule has 0 aliphatic rings. The number of ether oxygens (including phenoxy) is 1. The highest BCUT2D eigenvalue weighted by Gasteiger charge is 2.16. The average molecular weight is 223 g/mol. The summed E-state index contributed by atoms with van der Waals surface area (Å²) in [5.74, 6) is -0.344. The number of esters is 1. The largest absolute Gasteiger partial charge is 1.00 e. The Morgan fingerprint density at radius 1 is 1.50 bits per heavy atom. The van der Waals surface area contributed by atoms with Crippen molar-refractivity contribution in [3.05, 3.63) is 12.2 Å². The van der Waals surface area contributed by atoms with Gasteiger partial charge in [0.25, 0.3) is 0 Å². The highest BCUT2D eigenvalue weighted by Crippen LogP contribution is 1.99. The molecule has 0 amide bonds. The van der Waals surface area contributed by atoms with E-state index in [4.69, 9.17) is 10.5 Å². The summed E-state index contributed by atoms with van der Waals surface area (Å²) in [6.07, 6.45) is 0. The Balaban J connectivity index is 0. The van der Waals surface area contributed by atoms with Gasteiger partial charge in [0.2, 0.25) is 6.73 Å². The molecule has 0 saturated carbocycles. The SMILES string of the molecule is C=C(C)C(=O)OC[N+](C)(C)CCN.[Cl-]. The monoisotopic (exact) mass is 222 g/mol. The van der Waals surface area contributed by atoms with Gasteiger partial charge in [-0.25, -0.2) is 4.79 Å². The molecule has 0 aliphatic heterocycles. The molecule has 0 bridgehead atoms. The fourth-order valence-electron chi connectivity index (χ4n) is 0.771. The summed E-state index contributed by atoms with van der Waals surface area (Å²) in [6, 6.07) is 0. The first-order valence-corrected chi connectivity index (χ1v) is 4.24. The van der Waals surface area contributed by atoms with E-state index >= 15 is 0 Å². The first-order chi connectivity index (χ1) is 5.89. The molecule has 4 nitrogen and oxygen atoms in total. The molecule has 0 saturated heterocycles. The van der Waals surface area contributed by atoms with Crippen molar-refractivity contribution in [3.8, 4) is 0 Å². The van der Waals surface area contributed by atoms with Gasteiger partial charge in [0.1, 0.15) is 0 Å². The van der Waals surface area contributed by atoms with Crippen molar-refractivity contribution in [3.63, 3.8) is 0 Å². The zero-order valence-electron chi connectivity index (χ0n) is 9.05. The Labute approximate surface area is 91.7 Å². The van der Waals surface area contributed by atoms with Gasteiger partial charge in [-0.3, -0.25) is 4.48 Å². The van der Waals surface area contributed by atoms with Crippen LogP contribution in [0.1, 0.15) is 6.92 Å². The van der Waals surface area contributed by atoms with E-state index in [2.05, 4.69) is 6.58 Å². The summed E-state index contributed by atoms with van der Waals surface area (Å²) in [5.41, 5.74) is 5.83. The predicted molar refractivity (Wildman–Crippen MR) is 51.8 cm³/mol. The minimum atomic E-state index is -0.344. The molecule has 0 aromatic heterocycles. The average Bonchev–Trinajstić information content (AvgIpc) is 2.00. The standard InChI is InChI=1S/C9H19N2O2.ClH/c1-8(2)9(12)13-7-11(3,4)6-5-10;/h1,5-7,10H2,2-4H3;1H/q+1;/p-1. The molecular formula is C9H19ClN2O2. The van der Waals surface area contributed by atoms with Gasteiger partial charge in [-0.05, 0) is 6.92 Å². The van der Waals surface area contributed by atoms with Crippen LogP contribution in [-0.2, 0) is 9.53 Å². The Kier molecular flexibility index (Phi) is 7.72. The number of nitrogens with zero attached hydrogens (tertiary/aromatic N) is 1. The van der Waals surface area contributed by atoms with Crippen LogP contribution in [0.5, 0.6) is 0 Å². The molecule has 0 radical (unpaired) electrons. The zero-order valence-corrected chi connectivity index (χ0v) is 9.80. The second-order valence-corrected chi connectivity index (χ2v) is 3.79. The first kappa shape index (κ1) is 15.9. The molecule has 0 atom stereocenters. The van der Waals surface area contributed by atoms with Crippen LogP contribution in [0.3, 0.4) is 0 Å². The summed E-state index contributed by atoms with van der Waals surface area (Å²) >= 11 is 0. The van der Waals surface area contributed by atoms with E-state index in [1.807, 2.05) is 14.1 Å². The fraction of sp³-hybridized carbons (Fsp3) is 0.667. The molecule has 0 spiro atoms. The van der Waals surface area contributed by atoms with Gasteiger partial charge in [0.05, 0.1) is 20.6 Å². The van der Waals surface area contributed by atoms with Crippen LogP contribution in [0.2, 0.25) is 0 Å². The maximum Gasteiger partial charge on any atom is 0.337 e. The molecule has 84 valence electrons. The van der Waals surface area contributed by atoms with Crippen molar-refractivity contribution in [2.24, 2.45) is 5.73 Å². The maximum absolute atomic E-state index is 11.0. The third-order valence-corrected chi connectivity index (χ3v) is 1.63. The van der Waals surface area contributed by atoms with Crippen LogP contribution in [0.25, 0.3) is 0 Å². The smallest absolute Gasteiger partial charge is 0.337 e. The van der Waals surface area contributed by atoms with Crippen LogP contribution in [0.4, 0.5) is 0 Å². The summed E-state index contributed by atoms with van der Waals surface area (Å²) in [4.78, 5) is 11.0. The summed E-state index contributed by atoms with van der Waals surface area (Å²) in [7, 11) is 3.91. The molecule has 0 unspecified atom stereocenters. The van der Waals surface area contributed by atoms with Crippen molar-refractivity contribution in [2.45, 2.75) is 6.92 Å². The molecule has 0 aromatic carbocycles. The quantitative estimate of drug-likeness (QED) is 0.235. The van der Waals surface area contributed by atoms with Crippen molar-refractivity contribution in [1.82, 2.24) is 0 Å². The van der Waals surface area contributed by atoms with Gasteiger partial charge in [0.15, 0.2) is 0 Å². The van der Waals surface area contributed by atoms with E-state index < -0.39 is 0 Å². The number of likely N-dealkylation sites (N-methyl/N-ethyl adjacent to an activating group) is 1. The van der Waals surface area contributed by atoms with Gasteiger partial charge in [0, 0.05) is 12.1 Å². The predicted octanol–water partition coefficient (Wildman–Crippen LogP) is -2.90.